The molecule has 340 valence electrons. The van der Waals surface area contributed by atoms with Gasteiger partial charge in [0, 0.05) is 56.0 Å². The molecule has 1 aromatic rings. The number of hydrogen-bond acceptors (Lipinski definition) is 13. The van der Waals surface area contributed by atoms with Crippen molar-refractivity contribution in [1.29, 1.82) is 0 Å². The van der Waals surface area contributed by atoms with Gasteiger partial charge >= 0.3 is 12.1 Å². The predicted molar refractivity (Wildman–Crippen MR) is 230 cm³/mol. The molecule has 0 spiro atoms. The average Bonchev–Trinajstić information content (AvgIpc) is 3.89. The van der Waals surface area contributed by atoms with Crippen molar-refractivity contribution in [3.05, 3.63) is 42.1 Å². The zero-order chi connectivity index (χ0) is 43.9. The van der Waals surface area contributed by atoms with E-state index in [0.717, 1.165) is 56.9 Å². The van der Waals surface area contributed by atoms with Gasteiger partial charge in [0.25, 0.3) is 0 Å². The number of anilines is 1. The highest BCUT2D eigenvalue weighted by Gasteiger charge is 2.61. The summed E-state index contributed by atoms with van der Waals surface area (Å²) in [5.74, 6) is 0.144. The number of nitrogens with one attached hydrogen (secondary N) is 5. The number of fused-ring (bicyclic) bond motifs is 2. The van der Waals surface area contributed by atoms with E-state index in [0.29, 0.717) is 42.8 Å². The van der Waals surface area contributed by atoms with Gasteiger partial charge in [-0.3, -0.25) is 24.8 Å². The van der Waals surface area contributed by atoms with Crippen LogP contribution in [0, 0.1) is 23.2 Å². The molecule has 5 fully saturated rings. The molecular formula is C45H66N8O9. The van der Waals surface area contributed by atoms with Crippen LogP contribution in [0.5, 0.6) is 5.75 Å². The first-order valence-corrected chi connectivity index (χ1v) is 22.6. The monoisotopic (exact) mass is 862 g/mol. The second-order valence-electron chi connectivity index (χ2n) is 19.6. The molecule has 4 heterocycles. The van der Waals surface area contributed by atoms with E-state index in [1.54, 1.807) is 0 Å². The molecule has 2 saturated heterocycles. The van der Waals surface area contributed by atoms with Crippen LogP contribution in [0.1, 0.15) is 85.6 Å². The first-order chi connectivity index (χ1) is 29.6. The van der Waals surface area contributed by atoms with Gasteiger partial charge in [0.2, 0.25) is 11.8 Å². The van der Waals surface area contributed by atoms with Gasteiger partial charge in [0.15, 0.2) is 0 Å². The number of hydrogen-bond donors (Lipinski definition) is 6. The Kier molecular flexibility index (Phi) is 12.7. The maximum Gasteiger partial charge on any atom is 0.408 e. The molecule has 0 aromatic heterocycles. The van der Waals surface area contributed by atoms with E-state index >= 15 is 0 Å². The number of alkyl carbamates (subject to hydrolysis) is 1. The largest absolute Gasteiger partial charge is 0.492 e. The van der Waals surface area contributed by atoms with Crippen LogP contribution in [-0.2, 0) is 28.6 Å². The number of carboxylic acids is 1. The van der Waals surface area contributed by atoms with E-state index < -0.39 is 59.2 Å². The molecule has 3 saturated carbocycles. The fourth-order valence-electron chi connectivity index (χ4n) is 9.82. The number of carbonyl (C=O) groups is 4. The first kappa shape index (κ1) is 44.0. The SMILES string of the molecule is CC[C@@H]1C[C@]1(NC(=O)[C@@H]1C[C@@H](OC2=CC(N3C=CC(NC(C)C)N3)Nc3cc(OCCN4CCOCC4)ccc32)CN1C(=O)[C@@H](NC(=O)OC1CC2C[C@H]2C1)C(C)(C)C)C(=O)O. The number of ether oxygens (including phenoxy) is 4. The minimum Gasteiger partial charge on any atom is -0.492 e. The van der Waals surface area contributed by atoms with E-state index in [1.807, 2.05) is 69.3 Å². The lowest BCUT2D eigenvalue weighted by molar-refractivity contribution is -0.146. The van der Waals surface area contributed by atoms with Gasteiger partial charge in [-0.1, -0.05) is 34.1 Å². The fraction of sp³-hybridized carbons (Fsp3) is 0.689. The summed E-state index contributed by atoms with van der Waals surface area (Å²) < 4.78 is 24.4. The second-order valence-corrected chi connectivity index (χ2v) is 19.6. The summed E-state index contributed by atoms with van der Waals surface area (Å²) in [4.78, 5) is 58.8. The summed E-state index contributed by atoms with van der Waals surface area (Å²) in [6, 6.07) is 3.96. The number of morpholine rings is 1. The third-order valence-electron chi connectivity index (χ3n) is 13.5. The van der Waals surface area contributed by atoms with Crippen LogP contribution in [0.15, 0.2) is 36.6 Å². The van der Waals surface area contributed by atoms with Gasteiger partial charge in [0.1, 0.15) is 54.1 Å². The highest BCUT2D eigenvalue weighted by Crippen LogP contribution is 2.52. The zero-order valence-corrected chi connectivity index (χ0v) is 37.0. The Balaban J connectivity index is 1.03. The van der Waals surface area contributed by atoms with E-state index in [-0.39, 0.29) is 37.2 Å². The van der Waals surface area contributed by atoms with Crippen molar-refractivity contribution in [3.63, 3.8) is 0 Å². The third kappa shape index (κ3) is 9.80. The van der Waals surface area contributed by atoms with Crippen molar-refractivity contribution >= 4 is 35.3 Å². The standard InChI is InChI=1S/C45H66N8O9/c1-7-29-24-45(29,42(56)57)49-40(54)35-22-32(25-52(35)41(55)39(44(4,5)6)48-43(58)62-31-19-27-18-28(27)20-31)61-36-23-38(53-11-10-37(50-53)46-26(2)3)47-34-21-30(8-9-33(34)36)60-17-14-51-12-15-59-16-13-51/h8-11,21,23,26-29,31-32,35,37-39,46-47,50H,7,12-20,22,24-25H2,1-6H3,(H,48,58)(H,49,54)(H,56,57)/t27-,28?,29+,31?,32+,35-,37?,38?,39+,45+/m0/s1. The Morgan fingerprint density at radius 3 is 2.48 bits per heavy atom. The van der Waals surface area contributed by atoms with Crippen molar-refractivity contribution in [1.82, 2.24) is 36.2 Å². The summed E-state index contributed by atoms with van der Waals surface area (Å²) >= 11 is 0. The van der Waals surface area contributed by atoms with E-state index in [9.17, 15) is 24.3 Å². The van der Waals surface area contributed by atoms with Crippen molar-refractivity contribution in [2.75, 3.05) is 51.3 Å². The Labute approximate surface area is 364 Å². The predicted octanol–water partition coefficient (Wildman–Crippen LogP) is 3.44. The second kappa shape index (κ2) is 17.9. The molecule has 4 unspecified atom stereocenters. The number of amides is 3. The molecule has 7 aliphatic rings. The molecule has 10 atom stereocenters. The van der Waals surface area contributed by atoms with Crippen molar-refractivity contribution in [3.8, 4) is 5.75 Å². The highest BCUT2D eigenvalue weighted by atomic mass is 16.6. The Morgan fingerprint density at radius 2 is 1.81 bits per heavy atom. The summed E-state index contributed by atoms with van der Waals surface area (Å²) in [5.41, 5.74) is 2.89. The van der Waals surface area contributed by atoms with Crippen LogP contribution in [-0.4, -0.2) is 138 Å². The van der Waals surface area contributed by atoms with Crippen molar-refractivity contribution < 1.29 is 43.2 Å². The van der Waals surface area contributed by atoms with Crippen molar-refractivity contribution in [2.45, 2.75) is 128 Å². The number of rotatable bonds is 16. The molecule has 8 rings (SSSR count). The number of carbonyl (C=O) groups excluding carboxylic acids is 3. The number of benzene rings is 1. The zero-order valence-electron chi connectivity index (χ0n) is 37.0. The summed E-state index contributed by atoms with van der Waals surface area (Å²) in [7, 11) is 0. The smallest absolute Gasteiger partial charge is 0.408 e. The molecule has 17 nitrogen and oxygen atoms in total. The summed E-state index contributed by atoms with van der Waals surface area (Å²) in [6.45, 7) is 16.1. The molecule has 0 radical (unpaired) electrons. The minimum atomic E-state index is -1.39. The summed E-state index contributed by atoms with van der Waals surface area (Å²) in [6.07, 6.45) is 7.86. The van der Waals surface area contributed by atoms with Crippen LogP contribution in [0.25, 0.3) is 5.76 Å². The molecule has 6 N–H and O–H groups in total. The molecular weight excluding hydrogens is 797 g/mol. The quantitative estimate of drug-likeness (QED) is 0.142. The molecule has 4 aliphatic heterocycles. The van der Waals surface area contributed by atoms with Gasteiger partial charge in [-0.05, 0) is 80.9 Å². The lowest BCUT2D eigenvalue weighted by Crippen LogP contribution is -2.59. The van der Waals surface area contributed by atoms with Crippen molar-refractivity contribution in [2.24, 2.45) is 23.2 Å². The van der Waals surface area contributed by atoms with Gasteiger partial charge < -0.3 is 44.9 Å². The molecule has 3 amide bonds. The number of aliphatic carboxylic acids is 1. The van der Waals surface area contributed by atoms with E-state index in [1.165, 1.54) is 11.3 Å². The molecule has 0 bridgehead atoms. The molecule has 62 heavy (non-hydrogen) atoms. The number of carboxylic acid groups (broad SMARTS) is 1. The van der Waals surface area contributed by atoms with Gasteiger partial charge in [-0.2, -0.15) is 0 Å². The maximum atomic E-state index is 14.8. The van der Waals surface area contributed by atoms with E-state index in [4.69, 9.17) is 18.9 Å². The molecule has 17 heteroatoms. The summed E-state index contributed by atoms with van der Waals surface area (Å²) in [5, 5.41) is 25.0. The normalized spacial score (nSPS) is 31.7. The average molecular weight is 863 g/mol. The first-order valence-electron chi connectivity index (χ1n) is 22.6. The van der Waals surface area contributed by atoms with E-state index in [2.05, 4.69) is 45.4 Å². The Bertz CT molecular complexity index is 1900. The van der Waals surface area contributed by atoms with Crippen LogP contribution in [0.3, 0.4) is 0 Å². The highest BCUT2D eigenvalue weighted by molar-refractivity contribution is 5.96. The topological polar surface area (TPSA) is 195 Å². The Hall–Kier alpha value is -4.58. The van der Waals surface area contributed by atoms with Gasteiger partial charge in [-0.15, -0.1) is 0 Å². The Morgan fingerprint density at radius 1 is 1.05 bits per heavy atom. The van der Waals surface area contributed by atoms with Gasteiger partial charge in [-0.25, -0.2) is 15.0 Å². The fourth-order valence-corrected chi connectivity index (χ4v) is 9.82. The van der Waals surface area contributed by atoms with Crippen LogP contribution < -0.4 is 31.4 Å². The van der Waals surface area contributed by atoms with Crippen LogP contribution >= 0.6 is 0 Å². The lowest BCUT2D eigenvalue weighted by atomic mass is 9.85. The minimum absolute atomic E-state index is 0.0270. The van der Waals surface area contributed by atoms with Gasteiger partial charge in [0.05, 0.1) is 31.6 Å². The number of nitrogens with zero attached hydrogens (tertiary/aromatic N) is 3. The van der Waals surface area contributed by atoms with Crippen LogP contribution in [0.4, 0.5) is 10.5 Å². The molecule has 3 aliphatic carbocycles. The third-order valence-corrected chi connectivity index (χ3v) is 13.5. The lowest BCUT2D eigenvalue weighted by Gasteiger charge is -2.35. The number of likely N-dealkylation sites (tertiary alicyclic amines) is 1. The molecule has 1 aromatic carbocycles. The number of hydrazine groups is 1. The van der Waals surface area contributed by atoms with Crippen LogP contribution in [0.2, 0.25) is 0 Å². The maximum absolute atomic E-state index is 14.8.